The van der Waals surface area contributed by atoms with Gasteiger partial charge in [0, 0.05) is 26.3 Å². The first-order valence-corrected chi connectivity index (χ1v) is 8.75. The summed E-state index contributed by atoms with van der Waals surface area (Å²) < 4.78 is 3.28. The summed E-state index contributed by atoms with van der Waals surface area (Å²) in [6.07, 6.45) is 3.58. The minimum Gasteiger partial charge on any atom is -0.337 e. The molecular weight excluding hydrogens is 316 g/mol. The Morgan fingerprint density at radius 3 is 2.52 bits per heavy atom. The Labute approximate surface area is 146 Å². The van der Waals surface area contributed by atoms with E-state index in [1.807, 2.05) is 24.0 Å². The molecule has 0 aromatic carbocycles. The topological polar surface area (TPSA) is 59.6 Å². The van der Waals surface area contributed by atoms with E-state index in [0.29, 0.717) is 35.5 Å². The fourth-order valence-electron chi connectivity index (χ4n) is 3.20. The lowest BCUT2D eigenvalue weighted by molar-refractivity contribution is 0.0746. The standard InChI is InChI=1S/C19H24N4O2/c1-5-9-22(10-6-2)19(25)15-11-14-17(21(15)4)20-16-8-7-13(3)12-23(16)18(14)24/h7-8,11-12H,5-6,9-10H2,1-4H3. The summed E-state index contributed by atoms with van der Waals surface area (Å²) >= 11 is 0. The molecule has 0 unspecified atom stereocenters. The fourth-order valence-corrected chi connectivity index (χ4v) is 3.20. The van der Waals surface area contributed by atoms with Crippen molar-refractivity contribution in [3.8, 4) is 0 Å². The predicted octanol–water partition coefficient (Wildman–Crippen LogP) is 2.76. The van der Waals surface area contributed by atoms with Crippen molar-refractivity contribution in [2.24, 2.45) is 7.05 Å². The van der Waals surface area contributed by atoms with E-state index in [9.17, 15) is 9.59 Å². The maximum atomic E-state index is 12.9. The van der Waals surface area contributed by atoms with Gasteiger partial charge < -0.3 is 9.47 Å². The molecular formula is C19H24N4O2. The molecule has 3 heterocycles. The molecule has 0 fully saturated rings. The Morgan fingerprint density at radius 2 is 1.88 bits per heavy atom. The van der Waals surface area contributed by atoms with Crippen LogP contribution in [0.5, 0.6) is 0 Å². The van der Waals surface area contributed by atoms with Gasteiger partial charge in [-0.05, 0) is 37.5 Å². The number of hydrogen-bond acceptors (Lipinski definition) is 3. The van der Waals surface area contributed by atoms with Crippen LogP contribution in [0.4, 0.5) is 0 Å². The van der Waals surface area contributed by atoms with Gasteiger partial charge in [0.1, 0.15) is 17.0 Å². The number of aromatic nitrogens is 3. The zero-order valence-corrected chi connectivity index (χ0v) is 15.2. The maximum Gasteiger partial charge on any atom is 0.270 e. The van der Waals surface area contributed by atoms with Crippen molar-refractivity contribution < 1.29 is 4.79 Å². The lowest BCUT2D eigenvalue weighted by Gasteiger charge is -2.21. The monoisotopic (exact) mass is 340 g/mol. The average molecular weight is 340 g/mol. The molecule has 0 spiro atoms. The molecule has 0 saturated carbocycles. The first kappa shape index (κ1) is 17.2. The van der Waals surface area contributed by atoms with Gasteiger partial charge in [-0.3, -0.25) is 14.0 Å². The Morgan fingerprint density at radius 1 is 1.20 bits per heavy atom. The van der Waals surface area contributed by atoms with E-state index >= 15 is 0 Å². The van der Waals surface area contributed by atoms with Crippen LogP contribution in [-0.2, 0) is 7.05 Å². The van der Waals surface area contributed by atoms with Gasteiger partial charge in [-0.2, -0.15) is 0 Å². The molecule has 6 nitrogen and oxygen atoms in total. The molecule has 0 radical (unpaired) electrons. The summed E-state index contributed by atoms with van der Waals surface area (Å²) in [6.45, 7) is 7.47. The lowest BCUT2D eigenvalue weighted by atomic mass is 10.2. The number of rotatable bonds is 5. The second kappa shape index (κ2) is 6.70. The summed E-state index contributed by atoms with van der Waals surface area (Å²) in [7, 11) is 1.79. The second-order valence-electron chi connectivity index (χ2n) is 6.47. The molecule has 0 saturated heterocycles. The van der Waals surface area contributed by atoms with Crippen LogP contribution in [0.2, 0.25) is 0 Å². The molecule has 0 aliphatic rings. The number of carbonyl (C=O) groups is 1. The van der Waals surface area contributed by atoms with Crippen LogP contribution in [-0.4, -0.2) is 37.8 Å². The molecule has 3 aromatic rings. The van der Waals surface area contributed by atoms with Crippen molar-refractivity contribution in [3.63, 3.8) is 0 Å². The van der Waals surface area contributed by atoms with Gasteiger partial charge in [-0.1, -0.05) is 19.9 Å². The summed E-state index contributed by atoms with van der Waals surface area (Å²) in [4.78, 5) is 32.2. The average Bonchev–Trinajstić information content (AvgIpc) is 2.92. The molecule has 25 heavy (non-hydrogen) atoms. The first-order valence-electron chi connectivity index (χ1n) is 8.75. The normalized spacial score (nSPS) is 11.4. The summed E-state index contributed by atoms with van der Waals surface area (Å²) in [6, 6.07) is 5.43. The Kier molecular flexibility index (Phi) is 4.61. The van der Waals surface area contributed by atoms with Crippen LogP contribution in [0.15, 0.2) is 29.2 Å². The lowest BCUT2D eigenvalue weighted by Crippen LogP contribution is -2.33. The quantitative estimate of drug-likeness (QED) is 0.717. The molecule has 0 aliphatic heterocycles. The van der Waals surface area contributed by atoms with Gasteiger partial charge in [0.2, 0.25) is 0 Å². The van der Waals surface area contributed by atoms with Crippen molar-refractivity contribution in [2.75, 3.05) is 13.1 Å². The van der Waals surface area contributed by atoms with Crippen LogP contribution >= 0.6 is 0 Å². The third-order valence-electron chi connectivity index (χ3n) is 4.44. The first-order chi connectivity index (χ1) is 12.0. The molecule has 3 aromatic heterocycles. The van der Waals surface area contributed by atoms with E-state index in [2.05, 4.69) is 18.8 Å². The summed E-state index contributed by atoms with van der Waals surface area (Å²) in [5.74, 6) is -0.0474. The van der Waals surface area contributed by atoms with Gasteiger partial charge in [0.25, 0.3) is 11.5 Å². The highest BCUT2D eigenvalue weighted by molar-refractivity contribution is 5.98. The fraction of sp³-hybridized carbons (Fsp3) is 0.421. The molecule has 0 aliphatic carbocycles. The number of aryl methyl sites for hydroxylation is 2. The van der Waals surface area contributed by atoms with Crippen LogP contribution in [0.1, 0.15) is 42.7 Å². The highest BCUT2D eigenvalue weighted by atomic mass is 16.2. The van der Waals surface area contributed by atoms with E-state index in [-0.39, 0.29) is 11.5 Å². The van der Waals surface area contributed by atoms with Crippen LogP contribution in [0, 0.1) is 6.92 Å². The minimum atomic E-state index is -0.143. The predicted molar refractivity (Wildman–Crippen MR) is 99.2 cm³/mol. The molecule has 132 valence electrons. The molecule has 3 rings (SSSR count). The van der Waals surface area contributed by atoms with Crippen molar-refractivity contribution in [3.05, 3.63) is 46.0 Å². The van der Waals surface area contributed by atoms with Crippen molar-refractivity contribution >= 4 is 22.6 Å². The van der Waals surface area contributed by atoms with Gasteiger partial charge in [0.15, 0.2) is 0 Å². The zero-order valence-electron chi connectivity index (χ0n) is 15.2. The molecule has 0 atom stereocenters. The van der Waals surface area contributed by atoms with Crippen molar-refractivity contribution in [2.45, 2.75) is 33.6 Å². The molecule has 0 N–H and O–H groups in total. The van der Waals surface area contributed by atoms with E-state index in [1.54, 1.807) is 28.3 Å². The van der Waals surface area contributed by atoms with E-state index in [4.69, 9.17) is 0 Å². The van der Waals surface area contributed by atoms with Crippen molar-refractivity contribution in [1.82, 2.24) is 18.9 Å². The highest BCUT2D eigenvalue weighted by Crippen LogP contribution is 2.17. The van der Waals surface area contributed by atoms with E-state index in [1.165, 1.54) is 0 Å². The highest BCUT2D eigenvalue weighted by Gasteiger charge is 2.21. The van der Waals surface area contributed by atoms with E-state index in [0.717, 1.165) is 18.4 Å². The summed E-state index contributed by atoms with van der Waals surface area (Å²) in [5, 5.41) is 0.474. The zero-order chi connectivity index (χ0) is 18.1. The van der Waals surface area contributed by atoms with Crippen LogP contribution in [0.3, 0.4) is 0 Å². The molecule has 6 heteroatoms. The SMILES string of the molecule is CCCN(CCC)C(=O)c1cc2c(=O)n3cc(C)ccc3nc2n1C. The second-order valence-corrected chi connectivity index (χ2v) is 6.47. The smallest absolute Gasteiger partial charge is 0.270 e. The molecule has 1 amide bonds. The Hall–Kier alpha value is -2.63. The minimum absolute atomic E-state index is 0.0474. The van der Waals surface area contributed by atoms with Gasteiger partial charge in [-0.25, -0.2) is 4.98 Å². The van der Waals surface area contributed by atoms with Crippen LogP contribution < -0.4 is 5.56 Å². The number of nitrogens with zero attached hydrogens (tertiary/aromatic N) is 4. The number of hydrogen-bond donors (Lipinski definition) is 0. The largest absolute Gasteiger partial charge is 0.337 e. The third kappa shape index (κ3) is 2.92. The third-order valence-corrected chi connectivity index (χ3v) is 4.44. The maximum absolute atomic E-state index is 12.9. The van der Waals surface area contributed by atoms with Gasteiger partial charge in [-0.15, -0.1) is 0 Å². The van der Waals surface area contributed by atoms with Gasteiger partial charge >= 0.3 is 0 Å². The Bertz CT molecular complexity index is 994. The van der Waals surface area contributed by atoms with Gasteiger partial charge in [0.05, 0.1) is 5.39 Å². The van der Waals surface area contributed by atoms with Crippen LogP contribution in [0.25, 0.3) is 16.7 Å². The number of pyridine rings is 1. The summed E-state index contributed by atoms with van der Waals surface area (Å²) in [5.41, 5.74) is 2.48. The Balaban J connectivity index is 2.19. The van der Waals surface area contributed by atoms with Crippen molar-refractivity contribution in [1.29, 1.82) is 0 Å². The number of fused-ring (bicyclic) bond motifs is 2. The molecule has 0 bridgehead atoms. The van der Waals surface area contributed by atoms with E-state index < -0.39 is 0 Å². The number of amides is 1. The number of carbonyl (C=O) groups excluding carboxylic acids is 1.